The Balaban J connectivity index is 1.24. The van der Waals surface area contributed by atoms with Gasteiger partial charge in [-0.15, -0.1) is 0 Å². The van der Waals surface area contributed by atoms with Gasteiger partial charge in [-0.1, -0.05) is 35.9 Å². The fourth-order valence-corrected chi connectivity index (χ4v) is 6.51. The van der Waals surface area contributed by atoms with Gasteiger partial charge in [0.15, 0.2) is 11.5 Å². The summed E-state index contributed by atoms with van der Waals surface area (Å²) >= 11 is 0. The van der Waals surface area contributed by atoms with Gasteiger partial charge >= 0.3 is 0 Å². The summed E-state index contributed by atoms with van der Waals surface area (Å²) in [6, 6.07) is 14.9. The van der Waals surface area contributed by atoms with Crippen LogP contribution in [0.3, 0.4) is 0 Å². The van der Waals surface area contributed by atoms with Crippen LogP contribution in [0.2, 0.25) is 0 Å². The lowest BCUT2D eigenvalue weighted by Gasteiger charge is -2.57. The molecular formula is C27H35NO2. The Morgan fingerprint density at radius 2 is 1.47 bits per heavy atom. The lowest BCUT2D eigenvalue weighted by Crippen LogP contribution is -2.58. The van der Waals surface area contributed by atoms with Gasteiger partial charge in [0.2, 0.25) is 0 Å². The standard InChI is InChI=1S/C27H35NO2/c1-3-29-26-13-21(8-9-25(26)30-18-20-6-4-19(2)5-7-20)17-28-27-14-22-10-23(15-27)12-24(11-22)16-27/h4-9,13,22-24,28H,3,10-12,14-18H2,1-2H3. The van der Waals surface area contributed by atoms with Crippen molar-refractivity contribution in [3.63, 3.8) is 0 Å². The minimum absolute atomic E-state index is 0.390. The van der Waals surface area contributed by atoms with Gasteiger partial charge in [0.05, 0.1) is 6.61 Å². The molecule has 1 N–H and O–H groups in total. The summed E-state index contributed by atoms with van der Waals surface area (Å²) in [7, 11) is 0. The van der Waals surface area contributed by atoms with Crippen molar-refractivity contribution in [2.75, 3.05) is 6.61 Å². The lowest BCUT2D eigenvalue weighted by atomic mass is 9.53. The van der Waals surface area contributed by atoms with E-state index in [1.165, 1.54) is 55.2 Å². The SMILES string of the molecule is CCOc1cc(CNC23CC4CC(CC(C4)C2)C3)ccc1OCc1ccc(C)cc1. The van der Waals surface area contributed by atoms with Gasteiger partial charge in [0, 0.05) is 12.1 Å². The average Bonchev–Trinajstić information content (AvgIpc) is 2.72. The summed E-state index contributed by atoms with van der Waals surface area (Å²) < 4.78 is 12.0. The summed E-state index contributed by atoms with van der Waals surface area (Å²) in [6.45, 7) is 6.26. The van der Waals surface area contributed by atoms with Gasteiger partial charge in [-0.2, -0.15) is 0 Å². The van der Waals surface area contributed by atoms with E-state index in [-0.39, 0.29) is 0 Å². The second-order valence-corrected chi connectivity index (χ2v) is 10.0. The van der Waals surface area contributed by atoms with Crippen LogP contribution in [0, 0.1) is 24.7 Å². The molecule has 2 aromatic rings. The molecule has 0 atom stereocenters. The first-order valence-corrected chi connectivity index (χ1v) is 11.8. The quantitative estimate of drug-likeness (QED) is 0.581. The third kappa shape index (κ3) is 4.23. The molecule has 4 fully saturated rings. The van der Waals surface area contributed by atoms with Crippen molar-refractivity contribution in [1.29, 1.82) is 0 Å². The number of hydrogen-bond donors (Lipinski definition) is 1. The molecule has 0 aromatic heterocycles. The minimum atomic E-state index is 0.390. The molecule has 4 bridgehead atoms. The molecule has 0 radical (unpaired) electrons. The Morgan fingerprint density at radius 3 is 2.10 bits per heavy atom. The van der Waals surface area contributed by atoms with Gasteiger partial charge in [-0.05, 0) is 93.4 Å². The first kappa shape index (κ1) is 19.9. The van der Waals surface area contributed by atoms with E-state index in [0.29, 0.717) is 18.8 Å². The van der Waals surface area contributed by atoms with E-state index >= 15 is 0 Å². The maximum absolute atomic E-state index is 6.10. The summed E-state index contributed by atoms with van der Waals surface area (Å²) in [5, 5.41) is 4.00. The maximum atomic E-state index is 6.10. The van der Waals surface area contributed by atoms with E-state index < -0.39 is 0 Å². The van der Waals surface area contributed by atoms with Crippen LogP contribution in [-0.2, 0) is 13.2 Å². The molecule has 3 nitrogen and oxygen atoms in total. The third-order valence-electron chi connectivity index (χ3n) is 7.53. The topological polar surface area (TPSA) is 30.5 Å². The Hall–Kier alpha value is -2.00. The van der Waals surface area contributed by atoms with Crippen LogP contribution in [0.25, 0.3) is 0 Å². The van der Waals surface area contributed by atoms with Crippen LogP contribution in [0.15, 0.2) is 42.5 Å². The highest BCUT2D eigenvalue weighted by Crippen LogP contribution is 2.55. The highest BCUT2D eigenvalue weighted by Gasteiger charge is 2.50. The van der Waals surface area contributed by atoms with Crippen molar-refractivity contribution in [3.05, 3.63) is 59.2 Å². The number of aryl methyl sites for hydroxylation is 1. The van der Waals surface area contributed by atoms with Crippen molar-refractivity contribution >= 4 is 0 Å². The number of hydrogen-bond acceptors (Lipinski definition) is 3. The van der Waals surface area contributed by atoms with E-state index in [1.807, 2.05) is 6.92 Å². The fraction of sp³-hybridized carbons (Fsp3) is 0.556. The normalized spacial score (nSPS) is 29.2. The van der Waals surface area contributed by atoms with E-state index in [4.69, 9.17) is 9.47 Å². The largest absolute Gasteiger partial charge is 0.490 e. The first-order chi connectivity index (χ1) is 14.6. The minimum Gasteiger partial charge on any atom is -0.490 e. The number of rotatable bonds is 8. The molecule has 30 heavy (non-hydrogen) atoms. The molecule has 160 valence electrons. The summed E-state index contributed by atoms with van der Waals surface area (Å²) in [4.78, 5) is 0. The van der Waals surface area contributed by atoms with Crippen molar-refractivity contribution in [2.24, 2.45) is 17.8 Å². The van der Waals surface area contributed by atoms with Crippen LogP contribution in [0.4, 0.5) is 0 Å². The van der Waals surface area contributed by atoms with Crippen LogP contribution in [-0.4, -0.2) is 12.1 Å². The molecular weight excluding hydrogens is 370 g/mol. The Kier molecular flexibility index (Phi) is 5.49. The second kappa shape index (κ2) is 8.26. The number of nitrogens with one attached hydrogen (secondary N) is 1. The third-order valence-corrected chi connectivity index (χ3v) is 7.53. The van der Waals surface area contributed by atoms with Crippen molar-refractivity contribution in [3.8, 4) is 11.5 Å². The molecule has 2 aromatic carbocycles. The van der Waals surface area contributed by atoms with Gasteiger partial charge in [0.1, 0.15) is 6.61 Å². The molecule has 4 aliphatic rings. The smallest absolute Gasteiger partial charge is 0.161 e. The van der Waals surface area contributed by atoms with E-state index in [9.17, 15) is 0 Å². The summed E-state index contributed by atoms with van der Waals surface area (Å²) in [5.41, 5.74) is 4.12. The summed E-state index contributed by atoms with van der Waals surface area (Å²) in [5.74, 6) is 4.60. The molecule has 0 amide bonds. The van der Waals surface area contributed by atoms with E-state index in [2.05, 4.69) is 54.7 Å². The predicted octanol–water partition coefficient (Wildman–Crippen LogP) is 6.03. The Bertz CT molecular complexity index is 838. The second-order valence-electron chi connectivity index (χ2n) is 10.0. The first-order valence-electron chi connectivity index (χ1n) is 11.8. The molecule has 0 heterocycles. The highest BCUT2D eigenvalue weighted by atomic mass is 16.5. The Labute approximate surface area is 181 Å². The molecule has 3 heteroatoms. The monoisotopic (exact) mass is 405 g/mol. The van der Waals surface area contributed by atoms with Crippen LogP contribution < -0.4 is 14.8 Å². The van der Waals surface area contributed by atoms with Gasteiger partial charge < -0.3 is 14.8 Å². The maximum Gasteiger partial charge on any atom is 0.161 e. The highest BCUT2D eigenvalue weighted by molar-refractivity contribution is 5.43. The van der Waals surface area contributed by atoms with Crippen LogP contribution in [0.1, 0.15) is 62.1 Å². The molecule has 0 aliphatic heterocycles. The van der Waals surface area contributed by atoms with E-state index in [1.54, 1.807) is 0 Å². The molecule has 6 rings (SSSR count). The molecule has 0 saturated heterocycles. The lowest BCUT2D eigenvalue weighted by molar-refractivity contribution is -0.0206. The Morgan fingerprint density at radius 1 is 0.833 bits per heavy atom. The van der Waals surface area contributed by atoms with Gasteiger partial charge in [-0.25, -0.2) is 0 Å². The average molecular weight is 406 g/mol. The van der Waals surface area contributed by atoms with Crippen molar-refractivity contribution in [2.45, 2.75) is 71.1 Å². The molecule has 0 unspecified atom stereocenters. The summed E-state index contributed by atoms with van der Waals surface area (Å²) in [6.07, 6.45) is 8.62. The van der Waals surface area contributed by atoms with Gasteiger partial charge in [-0.3, -0.25) is 0 Å². The van der Waals surface area contributed by atoms with Gasteiger partial charge in [0.25, 0.3) is 0 Å². The van der Waals surface area contributed by atoms with E-state index in [0.717, 1.165) is 35.8 Å². The van der Waals surface area contributed by atoms with Crippen LogP contribution in [0.5, 0.6) is 11.5 Å². The number of ether oxygens (including phenoxy) is 2. The molecule has 0 spiro atoms. The fourth-order valence-electron chi connectivity index (χ4n) is 6.51. The zero-order chi connectivity index (χ0) is 20.6. The zero-order valence-electron chi connectivity index (χ0n) is 18.5. The number of benzene rings is 2. The molecule has 4 saturated carbocycles. The molecule has 4 aliphatic carbocycles. The predicted molar refractivity (Wildman–Crippen MR) is 121 cm³/mol. The van der Waals surface area contributed by atoms with Crippen molar-refractivity contribution < 1.29 is 9.47 Å². The van der Waals surface area contributed by atoms with Crippen molar-refractivity contribution in [1.82, 2.24) is 5.32 Å². The zero-order valence-corrected chi connectivity index (χ0v) is 18.5. The van der Waals surface area contributed by atoms with Crippen LogP contribution >= 0.6 is 0 Å².